The van der Waals surface area contributed by atoms with Crippen LogP contribution in [0.25, 0.3) is 0 Å². The van der Waals surface area contributed by atoms with Crippen LogP contribution < -0.4 is 0 Å². The molecule has 0 bridgehead atoms. The maximum absolute atomic E-state index is 13.4. The maximum Gasteiger partial charge on any atom is 0.129 e. The number of hydrogen-bond acceptors (Lipinski definition) is 0. The lowest BCUT2D eigenvalue weighted by atomic mass is 10.0. The Balaban J connectivity index is 2.38. The summed E-state index contributed by atoms with van der Waals surface area (Å²) in [5, 5.41) is 0. The molecule has 0 radical (unpaired) electrons. The summed E-state index contributed by atoms with van der Waals surface area (Å²) in [6, 6.07) is 3.88. The van der Waals surface area contributed by atoms with Gasteiger partial charge in [0.15, 0.2) is 0 Å². The highest BCUT2D eigenvalue weighted by Gasteiger charge is 2.51. The van der Waals surface area contributed by atoms with E-state index in [9.17, 15) is 4.39 Å². The number of aryl methyl sites for hydroxylation is 2. The van der Waals surface area contributed by atoms with E-state index in [0.717, 1.165) is 17.5 Å². The van der Waals surface area contributed by atoms with Crippen molar-refractivity contribution in [2.24, 2.45) is 0 Å². The SMILES string of the molecule is Cc1cc(C2CC2(Br)Br)cc(C)c1F. The van der Waals surface area contributed by atoms with Crippen molar-refractivity contribution in [1.82, 2.24) is 0 Å². The van der Waals surface area contributed by atoms with Crippen molar-refractivity contribution in [1.29, 1.82) is 0 Å². The molecular formula is C11H11Br2F. The van der Waals surface area contributed by atoms with E-state index < -0.39 is 0 Å². The molecule has 1 aromatic rings. The number of hydrogen-bond donors (Lipinski definition) is 0. The maximum atomic E-state index is 13.4. The van der Waals surface area contributed by atoms with Crippen LogP contribution in [-0.2, 0) is 0 Å². The number of benzene rings is 1. The molecule has 1 unspecified atom stereocenters. The first-order chi connectivity index (χ1) is 6.42. The highest BCUT2D eigenvalue weighted by atomic mass is 79.9. The van der Waals surface area contributed by atoms with Gasteiger partial charge in [-0.25, -0.2) is 4.39 Å². The fraction of sp³-hybridized carbons (Fsp3) is 0.455. The second-order valence-corrected chi connectivity index (χ2v) is 7.88. The minimum atomic E-state index is -0.0795. The van der Waals surface area contributed by atoms with Gasteiger partial charge in [-0.2, -0.15) is 0 Å². The molecule has 1 aliphatic rings. The van der Waals surface area contributed by atoms with Crippen LogP contribution in [0.3, 0.4) is 0 Å². The molecule has 1 fully saturated rings. The molecule has 76 valence electrons. The van der Waals surface area contributed by atoms with Crippen molar-refractivity contribution in [3.63, 3.8) is 0 Å². The van der Waals surface area contributed by atoms with Crippen LogP contribution in [-0.4, -0.2) is 3.23 Å². The van der Waals surface area contributed by atoms with Gasteiger partial charge < -0.3 is 0 Å². The zero-order valence-corrected chi connectivity index (χ0v) is 11.2. The summed E-state index contributed by atoms with van der Waals surface area (Å²) in [4.78, 5) is 0. The van der Waals surface area contributed by atoms with Crippen LogP contribution in [0.1, 0.15) is 29.0 Å². The molecule has 1 saturated carbocycles. The molecule has 0 amide bonds. The van der Waals surface area contributed by atoms with Crippen LogP contribution in [0.5, 0.6) is 0 Å². The number of rotatable bonds is 1. The third-order valence-corrected chi connectivity index (χ3v) is 4.44. The average Bonchev–Trinajstić information content (AvgIpc) is 2.70. The molecule has 0 nitrogen and oxygen atoms in total. The predicted molar refractivity (Wildman–Crippen MR) is 63.8 cm³/mol. The summed E-state index contributed by atoms with van der Waals surface area (Å²) >= 11 is 7.16. The standard InChI is InChI=1S/C11H11Br2F/c1-6-3-8(4-7(2)10(6)14)9-5-11(9,12)13/h3-4,9H,5H2,1-2H3. The lowest BCUT2D eigenvalue weighted by molar-refractivity contribution is 0.608. The van der Waals surface area contributed by atoms with E-state index in [-0.39, 0.29) is 9.05 Å². The Morgan fingerprint density at radius 1 is 1.29 bits per heavy atom. The van der Waals surface area contributed by atoms with Gasteiger partial charge in [-0.05, 0) is 37.0 Å². The Hall–Kier alpha value is 0.110. The molecule has 0 aliphatic heterocycles. The smallest absolute Gasteiger partial charge is 0.129 e. The van der Waals surface area contributed by atoms with Crippen molar-refractivity contribution < 1.29 is 4.39 Å². The van der Waals surface area contributed by atoms with Gasteiger partial charge in [0.25, 0.3) is 0 Å². The Labute approximate surface area is 100 Å². The number of alkyl halides is 2. The Morgan fingerprint density at radius 2 is 1.71 bits per heavy atom. The van der Waals surface area contributed by atoms with Gasteiger partial charge in [-0.15, -0.1) is 0 Å². The Bertz CT molecular complexity index is 362. The molecule has 1 aliphatic carbocycles. The summed E-state index contributed by atoms with van der Waals surface area (Å²) in [7, 11) is 0. The molecule has 1 atom stereocenters. The van der Waals surface area contributed by atoms with E-state index >= 15 is 0 Å². The fourth-order valence-electron chi connectivity index (χ4n) is 1.76. The first-order valence-corrected chi connectivity index (χ1v) is 6.15. The van der Waals surface area contributed by atoms with Crippen molar-refractivity contribution in [3.8, 4) is 0 Å². The number of halogens is 3. The molecule has 1 aromatic carbocycles. The highest BCUT2D eigenvalue weighted by Crippen LogP contribution is 2.62. The first kappa shape index (κ1) is 10.6. The molecule has 0 heterocycles. The summed E-state index contributed by atoms with van der Waals surface area (Å²) in [6.45, 7) is 3.64. The molecular weight excluding hydrogens is 311 g/mol. The largest absolute Gasteiger partial charge is 0.206 e. The van der Waals surface area contributed by atoms with Crippen LogP contribution in [0.2, 0.25) is 0 Å². The van der Waals surface area contributed by atoms with Gasteiger partial charge in [-0.1, -0.05) is 44.0 Å². The summed E-state index contributed by atoms with van der Waals surface area (Å²) in [6.07, 6.45) is 1.07. The van der Waals surface area contributed by atoms with Gasteiger partial charge in [-0.3, -0.25) is 0 Å². The van der Waals surface area contributed by atoms with E-state index in [0.29, 0.717) is 5.92 Å². The molecule has 0 aromatic heterocycles. The monoisotopic (exact) mass is 320 g/mol. The summed E-state index contributed by atoms with van der Waals surface area (Å²) in [5.41, 5.74) is 2.69. The van der Waals surface area contributed by atoms with Crippen LogP contribution in [0, 0.1) is 19.7 Å². The average molecular weight is 322 g/mol. The van der Waals surface area contributed by atoms with E-state index in [2.05, 4.69) is 31.9 Å². The van der Waals surface area contributed by atoms with Crippen LogP contribution in [0.4, 0.5) is 4.39 Å². The van der Waals surface area contributed by atoms with Crippen LogP contribution >= 0.6 is 31.9 Å². The van der Waals surface area contributed by atoms with Crippen molar-refractivity contribution in [2.75, 3.05) is 0 Å². The molecule has 2 rings (SSSR count). The Kier molecular flexibility index (Phi) is 2.51. The zero-order chi connectivity index (χ0) is 10.5. The van der Waals surface area contributed by atoms with Gasteiger partial charge in [0.05, 0.1) is 3.23 Å². The third kappa shape index (κ3) is 1.76. The van der Waals surface area contributed by atoms with E-state index in [4.69, 9.17) is 0 Å². The lowest BCUT2D eigenvalue weighted by Gasteiger charge is -2.06. The molecule has 3 heteroatoms. The minimum Gasteiger partial charge on any atom is -0.206 e. The molecule has 0 spiro atoms. The molecule has 0 saturated heterocycles. The topological polar surface area (TPSA) is 0 Å². The van der Waals surface area contributed by atoms with Gasteiger partial charge in [0.1, 0.15) is 5.82 Å². The van der Waals surface area contributed by atoms with Crippen LogP contribution in [0.15, 0.2) is 12.1 Å². The lowest BCUT2D eigenvalue weighted by Crippen LogP contribution is -1.94. The summed E-state index contributed by atoms with van der Waals surface area (Å²) < 4.78 is 13.4. The summed E-state index contributed by atoms with van der Waals surface area (Å²) in [5.74, 6) is 0.393. The van der Waals surface area contributed by atoms with E-state index in [1.807, 2.05) is 26.0 Å². The Morgan fingerprint density at radius 3 is 2.07 bits per heavy atom. The van der Waals surface area contributed by atoms with E-state index in [1.54, 1.807) is 0 Å². The van der Waals surface area contributed by atoms with E-state index in [1.165, 1.54) is 5.56 Å². The van der Waals surface area contributed by atoms with Gasteiger partial charge in [0.2, 0.25) is 0 Å². The highest BCUT2D eigenvalue weighted by molar-refractivity contribution is 9.25. The second-order valence-electron chi connectivity index (χ2n) is 3.99. The predicted octanol–water partition coefficient (Wildman–Crippen LogP) is 4.42. The zero-order valence-electron chi connectivity index (χ0n) is 8.07. The molecule has 14 heavy (non-hydrogen) atoms. The van der Waals surface area contributed by atoms with Gasteiger partial charge in [0, 0.05) is 5.92 Å². The minimum absolute atomic E-state index is 0.0523. The quantitative estimate of drug-likeness (QED) is 0.672. The molecule has 0 N–H and O–H groups in total. The third-order valence-electron chi connectivity index (χ3n) is 2.69. The second kappa shape index (κ2) is 3.31. The normalized spacial score (nSPS) is 23.6. The van der Waals surface area contributed by atoms with Crippen molar-refractivity contribution >= 4 is 31.9 Å². The fourth-order valence-corrected chi connectivity index (χ4v) is 2.93. The van der Waals surface area contributed by atoms with Crippen molar-refractivity contribution in [2.45, 2.75) is 29.4 Å². The van der Waals surface area contributed by atoms with Crippen molar-refractivity contribution in [3.05, 3.63) is 34.6 Å². The first-order valence-electron chi connectivity index (χ1n) is 4.56. The van der Waals surface area contributed by atoms with Gasteiger partial charge >= 0.3 is 0 Å².